The summed E-state index contributed by atoms with van der Waals surface area (Å²) in [5.41, 5.74) is 1.95. The molecule has 0 saturated heterocycles. The highest BCUT2D eigenvalue weighted by Gasteiger charge is 2.11. The molecule has 0 aliphatic carbocycles. The average molecular weight is 284 g/mol. The monoisotopic (exact) mass is 283 g/mol. The molecule has 0 saturated carbocycles. The van der Waals surface area contributed by atoms with Gasteiger partial charge in [-0.2, -0.15) is 0 Å². The summed E-state index contributed by atoms with van der Waals surface area (Å²) in [5.74, 6) is -0.459. The lowest BCUT2D eigenvalue weighted by Crippen LogP contribution is -2.05. The van der Waals surface area contributed by atoms with Gasteiger partial charge in [-0.1, -0.05) is 16.1 Å². The summed E-state index contributed by atoms with van der Waals surface area (Å²) in [4.78, 5) is 11.5. The standard InChI is InChI=1S/C11H10ClN3O2S/c1-17-11(16)9-4-7(2-3-10(9)12)13-5-8-6-18-15-14-8/h2-4,6,13H,5H2,1H3. The minimum absolute atomic E-state index is 0.334. The van der Waals surface area contributed by atoms with Crippen LogP contribution < -0.4 is 5.32 Å². The second kappa shape index (κ2) is 5.79. The van der Waals surface area contributed by atoms with Crippen LogP contribution in [0.4, 0.5) is 5.69 Å². The molecule has 1 heterocycles. The van der Waals surface area contributed by atoms with Gasteiger partial charge in [0.1, 0.15) is 0 Å². The SMILES string of the molecule is COC(=O)c1cc(NCc2csnn2)ccc1Cl. The lowest BCUT2D eigenvalue weighted by molar-refractivity contribution is 0.0601. The fourth-order valence-corrected chi connectivity index (χ4v) is 2.00. The highest BCUT2D eigenvalue weighted by atomic mass is 35.5. The Morgan fingerprint density at radius 1 is 1.56 bits per heavy atom. The Kier molecular flexibility index (Phi) is 4.11. The maximum Gasteiger partial charge on any atom is 0.339 e. The molecular weight excluding hydrogens is 274 g/mol. The number of halogens is 1. The van der Waals surface area contributed by atoms with Gasteiger partial charge in [-0.3, -0.25) is 0 Å². The Labute approximate surface area is 113 Å². The number of carbonyl (C=O) groups excluding carboxylic acids is 1. The topological polar surface area (TPSA) is 64.1 Å². The average Bonchev–Trinajstić information content (AvgIpc) is 2.90. The second-order valence-electron chi connectivity index (χ2n) is 3.44. The summed E-state index contributed by atoms with van der Waals surface area (Å²) < 4.78 is 8.41. The molecule has 0 unspecified atom stereocenters. The molecule has 1 N–H and O–H groups in total. The molecule has 5 nitrogen and oxygen atoms in total. The molecule has 0 radical (unpaired) electrons. The molecule has 0 bridgehead atoms. The Morgan fingerprint density at radius 3 is 3.06 bits per heavy atom. The lowest BCUT2D eigenvalue weighted by atomic mass is 10.2. The van der Waals surface area contributed by atoms with Crippen LogP contribution >= 0.6 is 23.1 Å². The molecule has 0 aliphatic heterocycles. The van der Waals surface area contributed by atoms with E-state index >= 15 is 0 Å². The third kappa shape index (κ3) is 2.96. The zero-order chi connectivity index (χ0) is 13.0. The number of hydrogen-bond donors (Lipinski definition) is 1. The lowest BCUT2D eigenvalue weighted by Gasteiger charge is -2.07. The van der Waals surface area contributed by atoms with Crippen molar-refractivity contribution in [3.63, 3.8) is 0 Å². The van der Waals surface area contributed by atoms with Crippen molar-refractivity contribution in [2.75, 3.05) is 12.4 Å². The van der Waals surface area contributed by atoms with Crippen molar-refractivity contribution in [1.29, 1.82) is 0 Å². The molecule has 0 aliphatic rings. The molecule has 94 valence electrons. The summed E-state index contributed by atoms with van der Waals surface area (Å²) >= 11 is 7.21. The number of anilines is 1. The van der Waals surface area contributed by atoms with Crippen LogP contribution in [-0.2, 0) is 11.3 Å². The molecule has 18 heavy (non-hydrogen) atoms. The van der Waals surface area contributed by atoms with Gasteiger partial charge in [0.25, 0.3) is 0 Å². The van der Waals surface area contributed by atoms with Crippen molar-refractivity contribution >= 4 is 34.8 Å². The normalized spacial score (nSPS) is 10.1. The minimum Gasteiger partial charge on any atom is -0.465 e. The van der Waals surface area contributed by atoms with Crippen molar-refractivity contribution in [2.24, 2.45) is 0 Å². The van der Waals surface area contributed by atoms with Crippen molar-refractivity contribution in [1.82, 2.24) is 9.59 Å². The number of carbonyl (C=O) groups is 1. The molecule has 0 atom stereocenters. The molecule has 0 amide bonds. The molecule has 2 rings (SSSR count). The molecule has 0 fully saturated rings. The van der Waals surface area contributed by atoms with E-state index in [-0.39, 0.29) is 0 Å². The maximum atomic E-state index is 11.5. The highest BCUT2D eigenvalue weighted by Crippen LogP contribution is 2.21. The van der Waals surface area contributed by atoms with E-state index in [1.54, 1.807) is 18.2 Å². The van der Waals surface area contributed by atoms with Gasteiger partial charge in [0.2, 0.25) is 0 Å². The third-order valence-electron chi connectivity index (χ3n) is 2.25. The zero-order valence-corrected chi connectivity index (χ0v) is 11.1. The van der Waals surface area contributed by atoms with E-state index in [4.69, 9.17) is 11.6 Å². The van der Waals surface area contributed by atoms with Crippen LogP contribution in [0, 0.1) is 0 Å². The van der Waals surface area contributed by atoms with Gasteiger partial charge >= 0.3 is 5.97 Å². The van der Waals surface area contributed by atoms with Crippen molar-refractivity contribution in [3.8, 4) is 0 Å². The number of nitrogens with one attached hydrogen (secondary N) is 1. The maximum absolute atomic E-state index is 11.5. The zero-order valence-electron chi connectivity index (χ0n) is 9.51. The van der Waals surface area contributed by atoms with Crippen LogP contribution in [0.3, 0.4) is 0 Å². The van der Waals surface area contributed by atoms with E-state index in [1.165, 1.54) is 18.6 Å². The van der Waals surface area contributed by atoms with E-state index < -0.39 is 5.97 Å². The van der Waals surface area contributed by atoms with E-state index in [2.05, 4.69) is 19.6 Å². The Morgan fingerprint density at radius 2 is 2.39 bits per heavy atom. The van der Waals surface area contributed by atoms with E-state index in [0.717, 1.165) is 11.4 Å². The van der Waals surface area contributed by atoms with Crippen LogP contribution in [-0.4, -0.2) is 22.7 Å². The predicted molar refractivity (Wildman–Crippen MR) is 70.0 cm³/mol. The third-order valence-corrected chi connectivity index (χ3v) is 3.13. The first kappa shape index (κ1) is 12.8. The minimum atomic E-state index is -0.459. The number of ether oxygens (including phenoxy) is 1. The van der Waals surface area contributed by atoms with E-state index in [0.29, 0.717) is 17.1 Å². The van der Waals surface area contributed by atoms with Gasteiger partial charge in [0.15, 0.2) is 0 Å². The van der Waals surface area contributed by atoms with Gasteiger partial charge in [-0.25, -0.2) is 4.79 Å². The first-order valence-corrected chi connectivity index (χ1v) is 6.30. The van der Waals surface area contributed by atoms with E-state index in [9.17, 15) is 4.79 Å². The summed E-state index contributed by atoms with van der Waals surface area (Å²) in [6, 6.07) is 5.08. The van der Waals surface area contributed by atoms with Crippen LogP contribution in [0.2, 0.25) is 5.02 Å². The number of esters is 1. The van der Waals surface area contributed by atoms with Gasteiger partial charge in [-0.15, -0.1) is 5.10 Å². The van der Waals surface area contributed by atoms with Gasteiger partial charge < -0.3 is 10.1 Å². The van der Waals surface area contributed by atoms with Crippen LogP contribution in [0.1, 0.15) is 16.1 Å². The molecule has 1 aromatic heterocycles. The fraction of sp³-hybridized carbons (Fsp3) is 0.182. The van der Waals surface area contributed by atoms with Crippen molar-refractivity contribution in [2.45, 2.75) is 6.54 Å². The molecular formula is C11H10ClN3O2S. The smallest absolute Gasteiger partial charge is 0.339 e. The Balaban J connectivity index is 2.12. The molecule has 7 heteroatoms. The first-order chi connectivity index (χ1) is 8.70. The molecule has 1 aromatic carbocycles. The summed E-state index contributed by atoms with van der Waals surface area (Å²) in [5, 5.41) is 9.26. The Hall–Kier alpha value is -1.66. The summed E-state index contributed by atoms with van der Waals surface area (Å²) in [6.45, 7) is 0.540. The Bertz CT molecular complexity index is 545. The number of hydrogen-bond acceptors (Lipinski definition) is 6. The van der Waals surface area contributed by atoms with Gasteiger partial charge in [0.05, 0.1) is 29.9 Å². The number of aromatic nitrogens is 2. The molecule has 0 spiro atoms. The van der Waals surface area contributed by atoms with Crippen LogP contribution in [0.25, 0.3) is 0 Å². The van der Waals surface area contributed by atoms with Crippen molar-refractivity contribution < 1.29 is 9.53 Å². The van der Waals surface area contributed by atoms with Crippen LogP contribution in [0.5, 0.6) is 0 Å². The molecule has 2 aromatic rings. The number of nitrogens with zero attached hydrogens (tertiary/aromatic N) is 2. The van der Waals surface area contributed by atoms with E-state index in [1.807, 2.05) is 5.38 Å². The number of benzene rings is 1. The van der Waals surface area contributed by atoms with Crippen molar-refractivity contribution in [3.05, 3.63) is 39.9 Å². The summed E-state index contributed by atoms with van der Waals surface area (Å²) in [7, 11) is 1.32. The predicted octanol–water partition coefficient (Wildman–Crippen LogP) is 2.59. The van der Waals surface area contributed by atoms with Gasteiger partial charge in [-0.05, 0) is 29.7 Å². The second-order valence-corrected chi connectivity index (χ2v) is 4.45. The highest BCUT2D eigenvalue weighted by molar-refractivity contribution is 7.03. The van der Waals surface area contributed by atoms with Gasteiger partial charge in [0, 0.05) is 11.1 Å². The largest absolute Gasteiger partial charge is 0.465 e. The summed E-state index contributed by atoms with van der Waals surface area (Å²) in [6.07, 6.45) is 0. The van der Waals surface area contributed by atoms with Crippen LogP contribution in [0.15, 0.2) is 23.6 Å². The number of methoxy groups -OCH3 is 1. The first-order valence-electron chi connectivity index (χ1n) is 5.08. The number of rotatable bonds is 4. The quantitative estimate of drug-likeness (QED) is 0.874. The fourth-order valence-electron chi connectivity index (χ4n) is 1.36.